The lowest BCUT2D eigenvalue weighted by molar-refractivity contribution is -0.142. The molecule has 0 unspecified atom stereocenters. The van der Waals surface area contributed by atoms with E-state index in [0.29, 0.717) is 16.8 Å². The number of para-hydroxylation sites is 1. The summed E-state index contributed by atoms with van der Waals surface area (Å²) in [6.45, 7) is 3.35. The Morgan fingerprint density at radius 1 is 1.03 bits per heavy atom. The highest BCUT2D eigenvalue weighted by atomic mass is 19.1. The second-order valence-electron chi connectivity index (χ2n) is 8.78. The highest BCUT2D eigenvalue weighted by molar-refractivity contribution is 6.04. The Kier molecular flexibility index (Phi) is 4.91. The first-order valence-corrected chi connectivity index (χ1v) is 10.7. The number of aromatic nitrogens is 2. The number of hydrogen-bond acceptors (Lipinski definition) is 3. The Labute approximate surface area is 195 Å². The second-order valence-corrected chi connectivity index (χ2v) is 8.78. The van der Waals surface area contributed by atoms with Gasteiger partial charge in [-0.3, -0.25) is 9.78 Å². The zero-order valence-electron chi connectivity index (χ0n) is 18.6. The molecule has 2 heterocycles. The third-order valence-corrected chi connectivity index (χ3v) is 6.30. The number of rotatable bonds is 4. The summed E-state index contributed by atoms with van der Waals surface area (Å²) in [5.41, 5.74) is 3.08. The van der Waals surface area contributed by atoms with Crippen LogP contribution in [-0.4, -0.2) is 21.0 Å². The molecule has 0 aliphatic carbocycles. The third kappa shape index (κ3) is 3.30. The van der Waals surface area contributed by atoms with Gasteiger partial charge in [0, 0.05) is 51.1 Å². The molecule has 3 aromatic carbocycles. The first-order chi connectivity index (χ1) is 16.3. The molecular formula is C28H20FN3O2. The number of H-pyrrole nitrogens is 1. The van der Waals surface area contributed by atoms with Crippen molar-refractivity contribution in [3.8, 4) is 28.3 Å². The molecule has 34 heavy (non-hydrogen) atoms. The fourth-order valence-electron chi connectivity index (χ4n) is 4.35. The van der Waals surface area contributed by atoms with Gasteiger partial charge in [0.25, 0.3) is 0 Å². The molecule has 0 aliphatic rings. The quantitative estimate of drug-likeness (QED) is 0.331. The lowest BCUT2D eigenvalue weighted by Gasteiger charge is -2.20. The number of halogens is 1. The lowest BCUT2D eigenvalue weighted by Crippen LogP contribution is -2.29. The van der Waals surface area contributed by atoms with Crippen LogP contribution in [0.3, 0.4) is 0 Å². The van der Waals surface area contributed by atoms with E-state index in [1.807, 2.05) is 48.5 Å². The predicted octanol–water partition coefficient (Wildman–Crippen LogP) is 6.42. The number of aliphatic carboxylic acids is 1. The number of pyridine rings is 1. The van der Waals surface area contributed by atoms with E-state index < -0.39 is 17.2 Å². The van der Waals surface area contributed by atoms with Crippen LogP contribution in [0.4, 0.5) is 4.39 Å². The Bertz CT molecular complexity index is 1640. The van der Waals surface area contributed by atoms with Crippen LogP contribution in [0.5, 0.6) is 0 Å². The van der Waals surface area contributed by atoms with Crippen LogP contribution < -0.4 is 0 Å². The van der Waals surface area contributed by atoms with E-state index in [4.69, 9.17) is 5.26 Å². The second kappa shape index (κ2) is 7.82. The summed E-state index contributed by atoms with van der Waals surface area (Å²) in [4.78, 5) is 19.7. The average molecular weight is 449 g/mol. The van der Waals surface area contributed by atoms with Crippen molar-refractivity contribution >= 4 is 27.6 Å². The van der Waals surface area contributed by atoms with Crippen molar-refractivity contribution < 1.29 is 14.3 Å². The maximum atomic E-state index is 14.9. The molecule has 5 aromatic rings. The molecule has 5 rings (SSSR count). The van der Waals surface area contributed by atoms with Crippen LogP contribution >= 0.6 is 0 Å². The molecule has 0 aliphatic heterocycles. The van der Waals surface area contributed by atoms with Crippen molar-refractivity contribution in [2.75, 3.05) is 0 Å². The molecule has 0 fully saturated rings. The minimum Gasteiger partial charge on any atom is -0.481 e. The van der Waals surface area contributed by atoms with Crippen molar-refractivity contribution in [2.24, 2.45) is 0 Å². The van der Waals surface area contributed by atoms with Crippen LogP contribution in [0.2, 0.25) is 0 Å². The van der Waals surface area contributed by atoms with Gasteiger partial charge in [0.2, 0.25) is 0 Å². The zero-order chi connectivity index (χ0) is 24.0. The maximum absolute atomic E-state index is 14.9. The topological polar surface area (TPSA) is 89.8 Å². The minimum absolute atomic E-state index is 0.245. The molecule has 0 spiro atoms. The van der Waals surface area contributed by atoms with Gasteiger partial charge in [-0.15, -0.1) is 0 Å². The van der Waals surface area contributed by atoms with E-state index in [1.54, 1.807) is 38.4 Å². The van der Waals surface area contributed by atoms with Crippen LogP contribution in [-0.2, 0) is 10.2 Å². The van der Waals surface area contributed by atoms with Gasteiger partial charge in [0.15, 0.2) is 0 Å². The summed E-state index contributed by atoms with van der Waals surface area (Å²) in [7, 11) is 0. The molecule has 2 N–H and O–H groups in total. The smallest absolute Gasteiger partial charge is 0.315 e. The molecule has 0 saturated heterocycles. The summed E-state index contributed by atoms with van der Waals surface area (Å²) in [5, 5.41) is 21.5. The number of carbonyl (C=O) groups is 1. The molecule has 0 radical (unpaired) electrons. The summed E-state index contributed by atoms with van der Waals surface area (Å²) >= 11 is 0. The summed E-state index contributed by atoms with van der Waals surface area (Å²) in [6, 6.07) is 19.8. The Balaban J connectivity index is 1.80. The number of benzene rings is 3. The van der Waals surface area contributed by atoms with Crippen LogP contribution in [0, 0.1) is 17.1 Å². The van der Waals surface area contributed by atoms with Crippen molar-refractivity contribution in [1.29, 1.82) is 5.26 Å². The van der Waals surface area contributed by atoms with Crippen LogP contribution in [0.15, 0.2) is 73.1 Å². The number of nitrogens with zero attached hydrogens (tertiary/aromatic N) is 2. The fourth-order valence-corrected chi connectivity index (χ4v) is 4.35. The van der Waals surface area contributed by atoms with Gasteiger partial charge in [-0.05, 0) is 49.1 Å². The summed E-state index contributed by atoms with van der Waals surface area (Å²) in [6.07, 6.45) is 3.31. The summed E-state index contributed by atoms with van der Waals surface area (Å²) in [5.74, 6) is -1.44. The average Bonchev–Trinajstić information content (AvgIpc) is 3.24. The molecule has 0 bridgehead atoms. The standard InChI is InChI=1S/C28H20FN3O2/c1-28(2,27(33)34)26-25(20-5-3-4-6-24(20)32-26)17-8-9-18-14-31-15-22(21(18)12-17)19-10-7-16(13-30)11-23(19)29/h3-12,14-15,32H,1-2H3,(H,33,34). The van der Waals surface area contributed by atoms with E-state index in [-0.39, 0.29) is 5.56 Å². The van der Waals surface area contributed by atoms with E-state index in [0.717, 1.165) is 32.8 Å². The van der Waals surface area contributed by atoms with Gasteiger partial charge >= 0.3 is 5.97 Å². The number of aromatic amines is 1. The molecule has 0 saturated carbocycles. The van der Waals surface area contributed by atoms with E-state index in [2.05, 4.69) is 9.97 Å². The number of carboxylic acid groups (broad SMARTS) is 1. The summed E-state index contributed by atoms with van der Waals surface area (Å²) < 4.78 is 14.9. The van der Waals surface area contributed by atoms with Gasteiger partial charge in [-0.25, -0.2) is 4.39 Å². The highest BCUT2D eigenvalue weighted by Gasteiger charge is 2.34. The monoisotopic (exact) mass is 449 g/mol. The normalized spacial score (nSPS) is 11.6. The number of hydrogen-bond donors (Lipinski definition) is 2. The van der Waals surface area contributed by atoms with Gasteiger partial charge in [0.05, 0.1) is 11.6 Å². The van der Waals surface area contributed by atoms with Crippen LogP contribution in [0.1, 0.15) is 25.1 Å². The van der Waals surface area contributed by atoms with E-state index in [1.165, 1.54) is 6.07 Å². The Hall–Kier alpha value is -4.50. The van der Waals surface area contributed by atoms with Gasteiger partial charge < -0.3 is 10.1 Å². The number of fused-ring (bicyclic) bond motifs is 2. The Morgan fingerprint density at radius 3 is 2.56 bits per heavy atom. The van der Waals surface area contributed by atoms with Crippen molar-refractivity contribution in [2.45, 2.75) is 19.3 Å². The largest absolute Gasteiger partial charge is 0.481 e. The molecule has 2 aromatic heterocycles. The SMILES string of the molecule is CC(C)(C(=O)O)c1[nH]c2ccccc2c1-c1ccc2cncc(-c3ccc(C#N)cc3F)c2c1. The fraction of sp³-hybridized carbons (Fsp3) is 0.107. The molecule has 5 nitrogen and oxygen atoms in total. The zero-order valence-corrected chi connectivity index (χ0v) is 18.6. The number of nitriles is 1. The number of nitrogens with one attached hydrogen (secondary N) is 1. The number of carboxylic acids is 1. The van der Waals surface area contributed by atoms with Crippen molar-refractivity contribution in [3.05, 3.63) is 90.1 Å². The molecular weight excluding hydrogens is 429 g/mol. The highest BCUT2D eigenvalue weighted by Crippen LogP contribution is 2.41. The molecule has 166 valence electrons. The molecule has 6 heteroatoms. The maximum Gasteiger partial charge on any atom is 0.315 e. The van der Waals surface area contributed by atoms with Gasteiger partial charge in [-0.2, -0.15) is 5.26 Å². The van der Waals surface area contributed by atoms with E-state index >= 15 is 0 Å². The van der Waals surface area contributed by atoms with Crippen LogP contribution in [0.25, 0.3) is 43.9 Å². The Morgan fingerprint density at radius 2 is 1.82 bits per heavy atom. The molecule has 0 amide bonds. The minimum atomic E-state index is -1.16. The third-order valence-electron chi connectivity index (χ3n) is 6.30. The van der Waals surface area contributed by atoms with Gasteiger partial charge in [-0.1, -0.05) is 36.4 Å². The van der Waals surface area contributed by atoms with Crippen molar-refractivity contribution in [3.63, 3.8) is 0 Å². The van der Waals surface area contributed by atoms with Crippen molar-refractivity contribution in [1.82, 2.24) is 9.97 Å². The molecule has 0 atom stereocenters. The van der Waals surface area contributed by atoms with Gasteiger partial charge in [0.1, 0.15) is 11.2 Å². The lowest BCUT2D eigenvalue weighted by atomic mass is 9.84. The first kappa shape index (κ1) is 21.4. The first-order valence-electron chi connectivity index (χ1n) is 10.7. The predicted molar refractivity (Wildman–Crippen MR) is 130 cm³/mol. The van der Waals surface area contributed by atoms with E-state index in [9.17, 15) is 14.3 Å².